The largest absolute Gasteiger partial charge is 0.207 e. The van der Waals surface area contributed by atoms with E-state index in [-0.39, 0.29) is 5.38 Å². The molecule has 1 saturated carbocycles. The lowest BCUT2D eigenvalue weighted by Crippen LogP contribution is -1.99. The van der Waals surface area contributed by atoms with Crippen molar-refractivity contribution in [2.24, 2.45) is 11.8 Å². The highest BCUT2D eigenvalue weighted by atomic mass is 35.5. The third-order valence-corrected chi connectivity index (χ3v) is 3.69. The van der Waals surface area contributed by atoms with Gasteiger partial charge in [0, 0.05) is 5.56 Å². The molecule has 0 amide bonds. The zero-order valence-electron chi connectivity index (χ0n) is 8.51. The summed E-state index contributed by atoms with van der Waals surface area (Å²) in [5.41, 5.74) is 0.303. The zero-order valence-corrected chi connectivity index (χ0v) is 9.27. The number of benzene rings is 1. The van der Waals surface area contributed by atoms with Crippen LogP contribution < -0.4 is 0 Å². The topological polar surface area (TPSA) is 0 Å². The van der Waals surface area contributed by atoms with Gasteiger partial charge in [0.2, 0.25) is 0 Å². The first kappa shape index (κ1) is 10.9. The van der Waals surface area contributed by atoms with E-state index in [2.05, 4.69) is 6.92 Å². The minimum absolute atomic E-state index is 0.303. The molecule has 1 unspecified atom stereocenters. The number of alkyl halides is 1. The lowest BCUT2D eigenvalue weighted by molar-refractivity contribution is 0.565. The molecule has 0 aliphatic heterocycles. The average Bonchev–Trinajstić information content (AvgIpc) is 3.00. The van der Waals surface area contributed by atoms with E-state index >= 15 is 0 Å². The highest BCUT2D eigenvalue weighted by Gasteiger charge is 2.42. The van der Waals surface area contributed by atoms with Crippen LogP contribution in [0.5, 0.6) is 0 Å². The fourth-order valence-electron chi connectivity index (χ4n) is 2.06. The van der Waals surface area contributed by atoms with Crippen LogP contribution in [0.3, 0.4) is 0 Å². The van der Waals surface area contributed by atoms with E-state index in [0.29, 0.717) is 17.4 Å². The quantitative estimate of drug-likeness (QED) is 0.680. The maximum atomic E-state index is 13.4. The smallest absolute Gasteiger partial charge is 0.128 e. The van der Waals surface area contributed by atoms with Crippen LogP contribution in [0.1, 0.15) is 30.7 Å². The van der Waals surface area contributed by atoms with E-state index in [9.17, 15) is 8.78 Å². The van der Waals surface area contributed by atoms with Crippen molar-refractivity contribution in [3.63, 3.8) is 0 Å². The molecule has 3 atom stereocenters. The molecule has 0 aromatic heterocycles. The monoisotopic (exact) mass is 230 g/mol. The molecule has 0 spiro atoms. The summed E-state index contributed by atoms with van der Waals surface area (Å²) < 4.78 is 26.3. The molecule has 0 N–H and O–H groups in total. The summed E-state index contributed by atoms with van der Waals surface area (Å²) in [7, 11) is 0. The normalized spacial score (nSPS) is 26.4. The highest BCUT2D eigenvalue weighted by Crippen LogP contribution is 2.52. The molecule has 2 rings (SSSR count). The summed E-state index contributed by atoms with van der Waals surface area (Å²) >= 11 is 6.15. The maximum absolute atomic E-state index is 13.4. The Balaban J connectivity index is 2.18. The number of hydrogen-bond acceptors (Lipinski definition) is 0. The predicted molar refractivity (Wildman–Crippen MR) is 56.8 cm³/mol. The third-order valence-electron chi connectivity index (χ3n) is 3.13. The van der Waals surface area contributed by atoms with E-state index in [1.165, 1.54) is 6.07 Å². The maximum Gasteiger partial charge on any atom is 0.128 e. The van der Waals surface area contributed by atoms with Crippen LogP contribution in [0.2, 0.25) is 0 Å². The molecule has 1 aromatic carbocycles. The first-order valence-electron chi connectivity index (χ1n) is 5.22. The summed E-state index contributed by atoms with van der Waals surface area (Å²) in [6, 6.07) is 3.47. The standard InChI is InChI=1S/C12H13ClF2/c1-2-7-5-9(7)12(13)10-6-8(14)3-4-11(10)15/h3-4,6-7,9,12H,2,5H2,1H3/t7-,9-,12?/m1/s1. The van der Waals surface area contributed by atoms with Gasteiger partial charge in [0.05, 0.1) is 5.38 Å². The zero-order chi connectivity index (χ0) is 11.0. The van der Waals surface area contributed by atoms with Crippen LogP contribution in [0.4, 0.5) is 8.78 Å². The van der Waals surface area contributed by atoms with Gasteiger partial charge in [-0.15, -0.1) is 11.6 Å². The van der Waals surface area contributed by atoms with Gasteiger partial charge >= 0.3 is 0 Å². The molecule has 1 fully saturated rings. The van der Waals surface area contributed by atoms with Crippen LogP contribution in [-0.2, 0) is 0 Å². The Morgan fingerprint density at radius 1 is 1.47 bits per heavy atom. The van der Waals surface area contributed by atoms with Gasteiger partial charge < -0.3 is 0 Å². The average molecular weight is 231 g/mol. The molecule has 0 bridgehead atoms. The molecule has 0 radical (unpaired) electrons. The van der Waals surface area contributed by atoms with Crippen molar-refractivity contribution >= 4 is 11.6 Å². The Bertz CT molecular complexity index is 365. The molecule has 0 heterocycles. The summed E-state index contributed by atoms with van der Waals surface area (Å²) in [6.45, 7) is 2.09. The van der Waals surface area contributed by atoms with Crippen molar-refractivity contribution in [3.8, 4) is 0 Å². The second-order valence-corrected chi connectivity index (χ2v) is 4.61. The second kappa shape index (κ2) is 4.09. The molecular formula is C12H13ClF2. The van der Waals surface area contributed by atoms with Gasteiger partial charge in [-0.3, -0.25) is 0 Å². The minimum Gasteiger partial charge on any atom is -0.207 e. The van der Waals surface area contributed by atoms with Crippen LogP contribution in [0.15, 0.2) is 18.2 Å². The van der Waals surface area contributed by atoms with Gasteiger partial charge in [0.15, 0.2) is 0 Å². The van der Waals surface area contributed by atoms with Crippen molar-refractivity contribution in [2.75, 3.05) is 0 Å². The van der Waals surface area contributed by atoms with Crippen LogP contribution >= 0.6 is 11.6 Å². The Morgan fingerprint density at radius 2 is 2.20 bits per heavy atom. The Kier molecular flexibility index (Phi) is 2.96. The van der Waals surface area contributed by atoms with E-state index in [0.717, 1.165) is 25.0 Å². The van der Waals surface area contributed by atoms with Crippen LogP contribution in [0.25, 0.3) is 0 Å². The van der Waals surface area contributed by atoms with Gasteiger partial charge in [0.1, 0.15) is 11.6 Å². The molecule has 3 heteroatoms. The first-order chi connectivity index (χ1) is 7.13. The molecular weight excluding hydrogens is 218 g/mol. The second-order valence-electron chi connectivity index (χ2n) is 4.14. The lowest BCUT2D eigenvalue weighted by Gasteiger charge is -2.10. The molecule has 1 aliphatic rings. The Labute approximate surface area is 93.2 Å². The SMILES string of the molecule is CC[C@@H]1C[C@H]1C(Cl)c1cc(F)ccc1F. The molecule has 0 nitrogen and oxygen atoms in total. The number of halogens is 3. The van der Waals surface area contributed by atoms with Gasteiger partial charge in [-0.25, -0.2) is 8.78 Å². The van der Waals surface area contributed by atoms with E-state index in [4.69, 9.17) is 11.6 Å². The Morgan fingerprint density at radius 3 is 2.80 bits per heavy atom. The summed E-state index contributed by atoms with van der Waals surface area (Å²) in [4.78, 5) is 0. The third kappa shape index (κ3) is 2.15. The summed E-state index contributed by atoms with van der Waals surface area (Å²) in [5, 5.41) is -0.384. The van der Waals surface area contributed by atoms with Gasteiger partial charge in [-0.2, -0.15) is 0 Å². The van der Waals surface area contributed by atoms with Gasteiger partial charge in [-0.05, 0) is 36.5 Å². The van der Waals surface area contributed by atoms with Crippen molar-refractivity contribution < 1.29 is 8.78 Å². The summed E-state index contributed by atoms with van der Waals surface area (Å²) in [5.74, 6) is 0.0621. The van der Waals surface area contributed by atoms with E-state index < -0.39 is 11.6 Å². The van der Waals surface area contributed by atoms with Crippen LogP contribution in [0, 0.1) is 23.5 Å². The van der Waals surface area contributed by atoms with E-state index in [1.54, 1.807) is 0 Å². The predicted octanol–water partition coefficient (Wildman–Crippen LogP) is 4.29. The van der Waals surface area contributed by atoms with Crippen molar-refractivity contribution in [3.05, 3.63) is 35.4 Å². The molecule has 0 saturated heterocycles. The summed E-state index contributed by atoms with van der Waals surface area (Å²) in [6.07, 6.45) is 2.09. The van der Waals surface area contributed by atoms with Crippen LogP contribution in [-0.4, -0.2) is 0 Å². The van der Waals surface area contributed by atoms with Gasteiger partial charge in [-0.1, -0.05) is 13.3 Å². The van der Waals surface area contributed by atoms with E-state index in [1.807, 2.05) is 0 Å². The molecule has 15 heavy (non-hydrogen) atoms. The first-order valence-corrected chi connectivity index (χ1v) is 5.66. The Hall–Kier alpha value is -0.630. The molecule has 82 valence electrons. The molecule has 1 aliphatic carbocycles. The highest BCUT2D eigenvalue weighted by molar-refractivity contribution is 6.21. The number of rotatable bonds is 3. The fourth-order valence-corrected chi connectivity index (χ4v) is 2.53. The molecule has 1 aromatic rings. The van der Waals surface area contributed by atoms with Crippen molar-refractivity contribution in [1.29, 1.82) is 0 Å². The minimum atomic E-state index is -0.425. The van der Waals surface area contributed by atoms with Crippen molar-refractivity contribution in [1.82, 2.24) is 0 Å². The number of hydrogen-bond donors (Lipinski definition) is 0. The van der Waals surface area contributed by atoms with Crippen molar-refractivity contribution in [2.45, 2.75) is 25.1 Å². The lowest BCUT2D eigenvalue weighted by atomic mass is 10.1. The van der Waals surface area contributed by atoms with Gasteiger partial charge in [0.25, 0.3) is 0 Å². The fraction of sp³-hybridized carbons (Fsp3) is 0.500.